The first kappa shape index (κ1) is 8.27. The van der Waals surface area contributed by atoms with Gasteiger partial charge in [0.1, 0.15) is 0 Å². The topological polar surface area (TPSA) is 20.2 Å². The van der Waals surface area contributed by atoms with Gasteiger partial charge in [0.2, 0.25) is 0 Å². The average Bonchev–Trinajstić information content (AvgIpc) is 2.31. The summed E-state index contributed by atoms with van der Waals surface area (Å²) in [5.41, 5.74) is 3.65. The van der Waals surface area contributed by atoms with Gasteiger partial charge in [-0.1, -0.05) is 15.9 Å². The first-order valence-electron chi connectivity index (χ1n) is 4.15. The molecule has 1 aliphatic carbocycles. The van der Waals surface area contributed by atoms with E-state index in [0.29, 0.717) is 0 Å². The minimum atomic E-state index is -0.229. The van der Waals surface area contributed by atoms with Crippen LogP contribution in [-0.4, -0.2) is 5.11 Å². The van der Waals surface area contributed by atoms with Gasteiger partial charge in [-0.15, -0.1) is 0 Å². The van der Waals surface area contributed by atoms with Crippen molar-refractivity contribution in [2.45, 2.75) is 25.9 Å². The summed E-state index contributed by atoms with van der Waals surface area (Å²) in [5.74, 6) is 0. The first-order chi connectivity index (χ1) is 5.68. The zero-order chi connectivity index (χ0) is 8.72. The molecule has 0 radical (unpaired) electrons. The fourth-order valence-electron chi connectivity index (χ4n) is 1.94. The second-order valence-corrected chi connectivity index (χ2v) is 4.27. The normalized spacial score (nSPS) is 21.1. The van der Waals surface area contributed by atoms with Gasteiger partial charge < -0.3 is 5.11 Å². The number of aryl methyl sites for hydroxylation is 2. The summed E-state index contributed by atoms with van der Waals surface area (Å²) in [4.78, 5) is 0. The van der Waals surface area contributed by atoms with Crippen LogP contribution in [0.15, 0.2) is 16.6 Å². The molecular weight excluding hydrogens is 216 g/mol. The molecule has 1 aromatic rings. The number of fused-ring (bicyclic) bond motifs is 1. The van der Waals surface area contributed by atoms with E-state index in [1.807, 2.05) is 0 Å². The van der Waals surface area contributed by atoms with Crippen molar-refractivity contribution in [1.29, 1.82) is 0 Å². The number of aliphatic hydroxyl groups is 1. The second-order valence-electron chi connectivity index (χ2n) is 3.35. The Labute approximate surface area is 80.5 Å². The zero-order valence-corrected chi connectivity index (χ0v) is 8.56. The largest absolute Gasteiger partial charge is 0.388 e. The van der Waals surface area contributed by atoms with E-state index in [-0.39, 0.29) is 6.10 Å². The molecule has 1 aromatic carbocycles. The van der Waals surface area contributed by atoms with Gasteiger partial charge in [-0.25, -0.2) is 0 Å². The molecule has 0 aromatic heterocycles. The predicted molar refractivity (Wildman–Crippen MR) is 52.2 cm³/mol. The third kappa shape index (κ3) is 1.19. The third-order valence-corrected chi connectivity index (χ3v) is 2.92. The maximum absolute atomic E-state index is 9.64. The van der Waals surface area contributed by atoms with Crippen LogP contribution in [0.3, 0.4) is 0 Å². The Kier molecular flexibility index (Phi) is 1.97. The Hall–Kier alpha value is -0.340. The van der Waals surface area contributed by atoms with Crippen molar-refractivity contribution in [3.63, 3.8) is 0 Å². The highest BCUT2D eigenvalue weighted by atomic mass is 79.9. The SMILES string of the molecule is Cc1cc(Br)cc2c1C(O)CC2. The fraction of sp³-hybridized carbons (Fsp3) is 0.400. The Balaban J connectivity index is 2.60. The summed E-state index contributed by atoms with van der Waals surface area (Å²) >= 11 is 3.45. The van der Waals surface area contributed by atoms with Gasteiger partial charge in [-0.3, -0.25) is 0 Å². The van der Waals surface area contributed by atoms with E-state index in [1.54, 1.807) is 0 Å². The van der Waals surface area contributed by atoms with Crippen molar-refractivity contribution in [2.24, 2.45) is 0 Å². The minimum absolute atomic E-state index is 0.229. The number of hydrogen-bond acceptors (Lipinski definition) is 1. The third-order valence-electron chi connectivity index (χ3n) is 2.46. The number of benzene rings is 1. The standard InChI is InChI=1S/C10H11BrO/c1-6-4-8(11)5-7-2-3-9(12)10(6)7/h4-5,9,12H,2-3H2,1H3. The highest BCUT2D eigenvalue weighted by Gasteiger charge is 2.22. The van der Waals surface area contributed by atoms with Gasteiger partial charge in [0, 0.05) is 4.47 Å². The lowest BCUT2D eigenvalue weighted by molar-refractivity contribution is 0.179. The second kappa shape index (κ2) is 2.86. The molecule has 1 unspecified atom stereocenters. The van der Waals surface area contributed by atoms with Crippen LogP contribution < -0.4 is 0 Å². The summed E-state index contributed by atoms with van der Waals surface area (Å²) in [7, 11) is 0. The zero-order valence-electron chi connectivity index (χ0n) is 6.97. The summed E-state index contributed by atoms with van der Waals surface area (Å²) in [6.45, 7) is 2.05. The Morgan fingerprint density at radius 2 is 2.25 bits per heavy atom. The summed E-state index contributed by atoms with van der Waals surface area (Å²) in [5, 5.41) is 9.64. The minimum Gasteiger partial charge on any atom is -0.388 e. The summed E-state index contributed by atoms with van der Waals surface area (Å²) < 4.78 is 1.12. The number of aliphatic hydroxyl groups excluding tert-OH is 1. The maximum Gasteiger partial charge on any atom is 0.0798 e. The van der Waals surface area contributed by atoms with Crippen molar-refractivity contribution in [1.82, 2.24) is 0 Å². The quantitative estimate of drug-likeness (QED) is 0.722. The molecule has 64 valence electrons. The highest BCUT2D eigenvalue weighted by molar-refractivity contribution is 9.10. The molecule has 12 heavy (non-hydrogen) atoms. The number of rotatable bonds is 0. The van der Waals surface area contributed by atoms with Crippen LogP contribution in [0.25, 0.3) is 0 Å². The molecule has 0 heterocycles. The molecule has 1 atom stereocenters. The molecule has 0 saturated heterocycles. The van der Waals surface area contributed by atoms with E-state index in [2.05, 4.69) is 35.0 Å². The van der Waals surface area contributed by atoms with Gasteiger partial charge in [-0.2, -0.15) is 0 Å². The lowest BCUT2D eigenvalue weighted by atomic mass is 10.0. The highest BCUT2D eigenvalue weighted by Crippen LogP contribution is 2.35. The van der Waals surface area contributed by atoms with Crippen LogP contribution in [0.1, 0.15) is 29.2 Å². The van der Waals surface area contributed by atoms with Crippen LogP contribution >= 0.6 is 15.9 Å². The molecule has 2 heteroatoms. The van der Waals surface area contributed by atoms with Gasteiger partial charge in [0.25, 0.3) is 0 Å². The molecule has 1 nitrogen and oxygen atoms in total. The van der Waals surface area contributed by atoms with Crippen LogP contribution in [0.4, 0.5) is 0 Å². The fourth-order valence-corrected chi connectivity index (χ4v) is 2.56. The Morgan fingerprint density at radius 3 is 3.00 bits per heavy atom. The predicted octanol–water partition coefficient (Wildman–Crippen LogP) is 2.74. The number of hydrogen-bond donors (Lipinski definition) is 1. The van der Waals surface area contributed by atoms with E-state index >= 15 is 0 Å². The van der Waals surface area contributed by atoms with Gasteiger partial charge >= 0.3 is 0 Å². The molecule has 0 bridgehead atoms. The molecule has 0 saturated carbocycles. The smallest absolute Gasteiger partial charge is 0.0798 e. The van der Waals surface area contributed by atoms with E-state index in [0.717, 1.165) is 22.9 Å². The van der Waals surface area contributed by atoms with Crippen molar-refractivity contribution >= 4 is 15.9 Å². The molecule has 1 aliphatic rings. The van der Waals surface area contributed by atoms with Crippen molar-refractivity contribution in [3.8, 4) is 0 Å². The first-order valence-corrected chi connectivity index (χ1v) is 4.95. The van der Waals surface area contributed by atoms with Crippen molar-refractivity contribution in [2.75, 3.05) is 0 Å². The molecular formula is C10H11BrO. The number of halogens is 1. The Bertz CT molecular complexity index is 320. The molecule has 1 N–H and O–H groups in total. The monoisotopic (exact) mass is 226 g/mol. The van der Waals surface area contributed by atoms with Crippen LogP contribution in [-0.2, 0) is 6.42 Å². The van der Waals surface area contributed by atoms with Gasteiger partial charge in [0.15, 0.2) is 0 Å². The molecule has 2 rings (SSSR count). The van der Waals surface area contributed by atoms with Crippen LogP contribution in [0, 0.1) is 6.92 Å². The Morgan fingerprint density at radius 1 is 1.50 bits per heavy atom. The molecule has 0 amide bonds. The average molecular weight is 227 g/mol. The summed E-state index contributed by atoms with van der Waals surface area (Å²) in [6, 6.07) is 4.17. The van der Waals surface area contributed by atoms with E-state index in [1.165, 1.54) is 11.1 Å². The van der Waals surface area contributed by atoms with Gasteiger partial charge in [0.05, 0.1) is 6.10 Å². The molecule has 0 spiro atoms. The van der Waals surface area contributed by atoms with Crippen LogP contribution in [0.2, 0.25) is 0 Å². The van der Waals surface area contributed by atoms with Crippen LogP contribution in [0.5, 0.6) is 0 Å². The van der Waals surface area contributed by atoms with Crippen molar-refractivity contribution in [3.05, 3.63) is 33.3 Å². The van der Waals surface area contributed by atoms with E-state index in [9.17, 15) is 5.11 Å². The lowest BCUT2D eigenvalue weighted by Gasteiger charge is -2.08. The lowest BCUT2D eigenvalue weighted by Crippen LogP contribution is -1.93. The van der Waals surface area contributed by atoms with E-state index < -0.39 is 0 Å². The van der Waals surface area contributed by atoms with Crippen molar-refractivity contribution < 1.29 is 5.11 Å². The molecule has 0 aliphatic heterocycles. The van der Waals surface area contributed by atoms with Gasteiger partial charge in [-0.05, 0) is 48.6 Å². The maximum atomic E-state index is 9.64. The van der Waals surface area contributed by atoms with E-state index in [4.69, 9.17) is 0 Å². The molecule has 0 fully saturated rings. The summed E-state index contributed by atoms with van der Waals surface area (Å²) in [6.07, 6.45) is 1.66.